The van der Waals surface area contributed by atoms with E-state index >= 15 is 0 Å². The highest BCUT2D eigenvalue weighted by atomic mass is 19.4. The second kappa shape index (κ2) is 8.33. The third kappa shape index (κ3) is 4.39. The molecular formula is C21H22F4N4O. The summed E-state index contributed by atoms with van der Waals surface area (Å²) in [4.78, 5) is 12.5. The smallest absolute Gasteiger partial charge is 0.340 e. The van der Waals surface area contributed by atoms with Gasteiger partial charge in [0.2, 0.25) is 0 Å². The molecule has 1 aliphatic carbocycles. The van der Waals surface area contributed by atoms with E-state index in [0.29, 0.717) is 11.7 Å². The number of hydrogen-bond acceptors (Lipinski definition) is 2. The van der Waals surface area contributed by atoms with Crippen molar-refractivity contribution in [2.45, 2.75) is 38.9 Å². The van der Waals surface area contributed by atoms with Crippen molar-refractivity contribution < 1.29 is 22.4 Å². The Labute approximate surface area is 171 Å². The van der Waals surface area contributed by atoms with Gasteiger partial charge in [0.1, 0.15) is 11.5 Å². The van der Waals surface area contributed by atoms with Crippen LogP contribution in [0.4, 0.5) is 23.2 Å². The van der Waals surface area contributed by atoms with Crippen LogP contribution in [-0.4, -0.2) is 20.3 Å². The highest BCUT2D eigenvalue weighted by molar-refractivity contribution is 6.03. The van der Waals surface area contributed by atoms with Gasteiger partial charge in [0, 0.05) is 30.5 Å². The molecule has 0 bridgehead atoms. The highest BCUT2D eigenvalue weighted by Crippen LogP contribution is 2.36. The minimum absolute atomic E-state index is 0.00897. The first-order valence-electron chi connectivity index (χ1n) is 9.63. The fraction of sp³-hybridized carbons (Fsp3) is 0.333. The van der Waals surface area contributed by atoms with Crippen LogP contribution in [0.2, 0.25) is 0 Å². The van der Waals surface area contributed by atoms with Gasteiger partial charge >= 0.3 is 6.18 Å². The molecule has 0 aliphatic heterocycles. The fourth-order valence-electron chi connectivity index (χ4n) is 3.11. The first-order chi connectivity index (χ1) is 14.2. The van der Waals surface area contributed by atoms with E-state index in [2.05, 4.69) is 10.4 Å². The molecule has 0 spiro atoms. The maximum atomic E-state index is 14.6. The zero-order valence-electron chi connectivity index (χ0n) is 16.8. The third-order valence-corrected chi connectivity index (χ3v) is 4.62. The van der Waals surface area contributed by atoms with Crippen LogP contribution in [0.3, 0.4) is 0 Å². The Morgan fingerprint density at radius 1 is 1.17 bits per heavy atom. The van der Waals surface area contributed by atoms with Gasteiger partial charge in [-0.3, -0.25) is 9.48 Å². The van der Waals surface area contributed by atoms with Crippen LogP contribution in [0.5, 0.6) is 0 Å². The van der Waals surface area contributed by atoms with Gasteiger partial charge in [0.25, 0.3) is 5.91 Å². The molecule has 1 aromatic carbocycles. The molecule has 9 heteroatoms. The summed E-state index contributed by atoms with van der Waals surface area (Å²) in [5, 5.41) is 6.02. The van der Waals surface area contributed by atoms with Crippen molar-refractivity contribution in [2.75, 3.05) is 5.32 Å². The molecule has 1 aliphatic rings. The van der Waals surface area contributed by atoms with Crippen LogP contribution in [0.1, 0.15) is 48.9 Å². The minimum Gasteiger partial charge on any atom is -0.340 e. The molecule has 1 N–H and O–H groups in total. The van der Waals surface area contributed by atoms with E-state index < -0.39 is 17.7 Å². The Hall–Kier alpha value is -3.10. The van der Waals surface area contributed by atoms with Crippen LogP contribution in [0.15, 0.2) is 42.6 Å². The van der Waals surface area contributed by atoms with Crippen molar-refractivity contribution in [3.05, 3.63) is 59.8 Å². The van der Waals surface area contributed by atoms with Crippen molar-refractivity contribution in [3.63, 3.8) is 0 Å². The first-order valence-corrected chi connectivity index (χ1v) is 9.63. The van der Waals surface area contributed by atoms with Gasteiger partial charge in [0.15, 0.2) is 5.69 Å². The fourth-order valence-corrected chi connectivity index (χ4v) is 3.11. The molecule has 4 rings (SSSR count). The normalized spacial score (nSPS) is 13.6. The molecule has 1 amide bonds. The van der Waals surface area contributed by atoms with E-state index in [9.17, 15) is 22.4 Å². The minimum atomic E-state index is -4.61. The summed E-state index contributed by atoms with van der Waals surface area (Å²) in [6.45, 7) is 4.00. The molecule has 30 heavy (non-hydrogen) atoms. The summed E-state index contributed by atoms with van der Waals surface area (Å²) in [6.07, 6.45) is -0.750. The summed E-state index contributed by atoms with van der Waals surface area (Å²) in [5.74, 6) is -1.13. The zero-order valence-corrected chi connectivity index (χ0v) is 16.8. The standard InChI is InChI=1S/C19H16F4N4O.C2H6/c1-26-16(10-17(25-26)19(21,22)23)13-7-4-11(9-14(13)20)24-18(28)15-3-2-8-27(15)12-5-6-12;1-2/h2-4,7-10,12H,5-6H2,1H3,(H,24,28);1-2H3. The second-order valence-corrected chi connectivity index (χ2v) is 6.72. The summed E-state index contributed by atoms with van der Waals surface area (Å²) >= 11 is 0. The van der Waals surface area contributed by atoms with E-state index in [4.69, 9.17) is 0 Å². The number of alkyl halides is 3. The van der Waals surface area contributed by atoms with Crippen LogP contribution in [-0.2, 0) is 13.2 Å². The number of nitrogens with zero attached hydrogens (tertiary/aromatic N) is 3. The van der Waals surface area contributed by atoms with Crippen molar-refractivity contribution in [3.8, 4) is 11.3 Å². The van der Waals surface area contributed by atoms with E-state index in [1.807, 2.05) is 24.6 Å². The SMILES string of the molecule is CC.Cn1nc(C(F)(F)F)cc1-c1ccc(NC(=O)c2cccn2C2CC2)cc1F. The number of rotatable bonds is 4. The Kier molecular flexibility index (Phi) is 6.00. The Morgan fingerprint density at radius 3 is 2.43 bits per heavy atom. The quantitative estimate of drug-likeness (QED) is 0.552. The number of nitrogens with one attached hydrogen (secondary N) is 1. The van der Waals surface area contributed by atoms with E-state index in [-0.39, 0.29) is 22.9 Å². The Bertz CT molecular complexity index is 1050. The predicted molar refractivity (Wildman–Crippen MR) is 106 cm³/mol. The van der Waals surface area contributed by atoms with Crippen molar-refractivity contribution >= 4 is 11.6 Å². The zero-order chi connectivity index (χ0) is 22.1. The number of aromatic nitrogens is 3. The average molecular weight is 422 g/mol. The molecule has 1 saturated carbocycles. The maximum Gasteiger partial charge on any atom is 0.435 e. The van der Waals surface area contributed by atoms with Crippen LogP contribution in [0, 0.1) is 5.82 Å². The number of benzene rings is 1. The molecule has 0 radical (unpaired) electrons. The van der Waals surface area contributed by atoms with Gasteiger partial charge in [-0.15, -0.1) is 0 Å². The lowest BCUT2D eigenvalue weighted by atomic mass is 10.1. The number of anilines is 1. The van der Waals surface area contributed by atoms with E-state index in [0.717, 1.165) is 29.7 Å². The summed E-state index contributed by atoms with van der Waals surface area (Å²) in [6, 6.07) is 8.42. The van der Waals surface area contributed by atoms with Crippen LogP contribution in [0.25, 0.3) is 11.3 Å². The number of hydrogen-bond donors (Lipinski definition) is 1. The lowest BCUT2D eigenvalue weighted by molar-refractivity contribution is -0.141. The lowest BCUT2D eigenvalue weighted by Gasteiger charge is -2.10. The predicted octanol–water partition coefficient (Wildman–Crippen LogP) is 5.66. The summed E-state index contributed by atoms with van der Waals surface area (Å²) in [7, 11) is 1.31. The Morgan fingerprint density at radius 2 is 1.87 bits per heavy atom. The number of amides is 1. The number of aryl methyl sites for hydroxylation is 1. The summed E-state index contributed by atoms with van der Waals surface area (Å²) < 4.78 is 55.9. The number of halogens is 4. The molecule has 1 fully saturated rings. The van der Waals surface area contributed by atoms with E-state index in [1.165, 1.54) is 19.2 Å². The van der Waals surface area contributed by atoms with Gasteiger partial charge in [-0.25, -0.2) is 4.39 Å². The molecule has 3 aromatic rings. The van der Waals surface area contributed by atoms with Gasteiger partial charge in [-0.05, 0) is 49.2 Å². The van der Waals surface area contributed by atoms with Gasteiger partial charge in [-0.1, -0.05) is 13.8 Å². The first kappa shape index (κ1) is 21.6. The molecule has 0 atom stereocenters. The summed E-state index contributed by atoms with van der Waals surface area (Å²) in [5.41, 5.74) is -0.445. The average Bonchev–Trinajstić information content (AvgIpc) is 3.27. The monoisotopic (exact) mass is 422 g/mol. The molecule has 0 saturated heterocycles. The third-order valence-electron chi connectivity index (χ3n) is 4.62. The molecule has 2 aromatic heterocycles. The second-order valence-electron chi connectivity index (χ2n) is 6.72. The maximum absolute atomic E-state index is 14.6. The molecule has 0 unspecified atom stereocenters. The van der Waals surface area contributed by atoms with Crippen molar-refractivity contribution in [2.24, 2.45) is 7.05 Å². The van der Waals surface area contributed by atoms with Crippen molar-refractivity contribution in [1.29, 1.82) is 0 Å². The molecule has 160 valence electrons. The van der Waals surface area contributed by atoms with Crippen LogP contribution < -0.4 is 5.32 Å². The largest absolute Gasteiger partial charge is 0.435 e. The van der Waals surface area contributed by atoms with Gasteiger partial charge in [-0.2, -0.15) is 18.3 Å². The number of carbonyl (C=O) groups excluding carboxylic acids is 1. The van der Waals surface area contributed by atoms with Crippen molar-refractivity contribution in [1.82, 2.24) is 14.3 Å². The highest BCUT2D eigenvalue weighted by Gasteiger charge is 2.35. The van der Waals surface area contributed by atoms with Crippen LogP contribution >= 0.6 is 0 Å². The lowest BCUT2D eigenvalue weighted by Crippen LogP contribution is -2.16. The molecular weight excluding hydrogens is 400 g/mol. The topological polar surface area (TPSA) is 51.9 Å². The van der Waals surface area contributed by atoms with Gasteiger partial charge < -0.3 is 9.88 Å². The molecule has 5 nitrogen and oxygen atoms in total. The number of carbonyl (C=O) groups is 1. The van der Waals surface area contributed by atoms with Gasteiger partial charge in [0.05, 0.1) is 5.69 Å². The Balaban J connectivity index is 0.00000124. The molecule has 2 heterocycles. The van der Waals surface area contributed by atoms with E-state index in [1.54, 1.807) is 12.1 Å².